The van der Waals surface area contributed by atoms with E-state index in [1.165, 1.54) is 11.3 Å². The van der Waals surface area contributed by atoms with E-state index in [1.54, 1.807) is 13.0 Å². The largest absolute Gasteiger partial charge is 0.461 e. The Morgan fingerprint density at radius 1 is 1.44 bits per heavy atom. The fourth-order valence-corrected chi connectivity index (χ4v) is 2.82. The molecule has 0 aliphatic rings. The van der Waals surface area contributed by atoms with Crippen LogP contribution in [-0.4, -0.2) is 17.6 Å². The van der Waals surface area contributed by atoms with Crippen molar-refractivity contribution < 1.29 is 9.53 Å². The highest BCUT2D eigenvalue weighted by molar-refractivity contribution is 7.15. The predicted molar refractivity (Wildman–Crippen MR) is 73.3 cm³/mol. The van der Waals surface area contributed by atoms with Crippen molar-refractivity contribution in [1.82, 2.24) is 4.98 Å². The van der Waals surface area contributed by atoms with Gasteiger partial charge >= 0.3 is 5.97 Å². The topological polar surface area (TPSA) is 39.2 Å². The summed E-state index contributed by atoms with van der Waals surface area (Å²) in [6.07, 6.45) is 0. The maximum absolute atomic E-state index is 11.8. The number of rotatable bonds is 3. The van der Waals surface area contributed by atoms with Crippen molar-refractivity contribution in [2.45, 2.75) is 13.8 Å². The maximum atomic E-state index is 11.8. The van der Waals surface area contributed by atoms with Crippen LogP contribution in [0, 0.1) is 6.92 Å². The van der Waals surface area contributed by atoms with Gasteiger partial charge in [0.1, 0.15) is 0 Å². The molecule has 0 unspecified atom stereocenters. The monoisotopic (exact) mass is 281 g/mol. The minimum Gasteiger partial charge on any atom is -0.461 e. The minimum absolute atomic E-state index is 0.331. The van der Waals surface area contributed by atoms with Gasteiger partial charge in [0.2, 0.25) is 0 Å². The van der Waals surface area contributed by atoms with Gasteiger partial charge in [-0.15, -0.1) is 11.3 Å². The average molecular weight is 282 g/mol. The van der Waals surface area contributed by atoms with Gasteiger partial charge in [-0.25, -0.2) is 9.78 Å². The number of carbonyl (C=O) groups excluding carboxylic acids is 1. The summed E-state index contributed by atoms with van der Waals surface area (Å²) < 4.78 is 5.01. The molecular formula is C13H12ClNO2S. The van der Waals surface area contributed by atoms with Crippen molar-refractivity contribution in [3.63, 3.8) is 0 Å². The lowest BCUT2D eigenvalue weighted by atomic mass is 10.1. The lowest BCUT2D eigenvalue weighted by molar-refractivity contribution is 0.0521. The fourth-order valence-electron chi connectivity index (χ4n) is 1.59. The van der Waals surface area contributed by atoms with Crippen LogP contribution >= 0.6 is 22.9 Å². The van der Waals surface area contributed by atoms with Crippen molar-refractivity contribution in [3.05, 3.63) is 40.0 Å². The molecule has 0 bridgehead atoms. The van der Waals surface area contributed by atoms with Crippen molar-refractivity contribution in [3.8, 4) is 10.4 Å². The van der Waals surface area contributed by atoms with Crippen molar-refractivity contribution >= 4 is 28.9 Å². The molecule has 1 aromatic carbocycles. The zero-order chi connectivity index (χ0) is 13.1. The fraction of sp³-hybridized carbons (Fsp3) is 0.231. The third kappa shape index (κ3) is 2.54. The highest BCUT2D eigenvalue weighted by Gasteiger charge is 2.20. The van der Waals surface area contributed by atoms with Crippen molar-refractivity contribution in [2.75, 3.05) is 6.61 Å². The van der Waals surface area contributed by atoms with Crippen LogP contribution in [0.4, 0.5) is 0 Å². The third-order valence-electron chi connectivity index (χ3n) is 2.32. The minimum atomic E-state index is -0.406. The Bertz CT molecular complexity index is 580. The second-order valence-corrected chi connectivity index (χ2v) is 5.22. The summed E-state index contributed by atoms with van der Waals surface area (Å²) in [5.41, 5.74) is 1.15. The van der Waals surface area contributed by atoms with Gasteiger partial charge in [0.05, 0.1) is 16.5 Å². The Balaban J connectivity index is 2.51. The molecule has 0 saturated carbocycles. The van der Waals surface area contributed by atoms with Crippen LogP contribution in [0.25, 0.3) is 10.4 Å². The summed E-state index contributed by atoms with van der Waals surface area (Å²) >= 11 is 7.59. The number of hydrogen-bond acceptors (Lipinski definition) is 4. The normalized spacial score (nSPS) is 10.4. The Morgan fingerprint density at radius 3 is 2.83 bits per heavy atom. The standard InChI is InChI=1S/C13H12ClNO2S/c1-3-17-13(16)11-12(18-8(2)15-11)9-6-4-5-7-10(9)14/h4-7H,3H2,1-2H3. The molecule has 0 spiro atoms. The first kappa shape index (κ1) is 13.1. The second kappa shape index (κ2) is 5.50. The van der Waals surface area contributed by atoms with Crippen LogP contribution in [0.2, 0.25) is 5.02 Å². The van der Waals surface area contributed by atoms with Crippen LogP contribution in [0.1, 0.15) is 22.4 Å². The van der Waals surface area contributed by atoms with Gasteiger partial charge in [0.25, 0.3) is 0 Å². The van der Waals surface area contributed by atoms with E-state index in [-0.39, 0.29) is 0 Å². The second-order valence-electron chi connectivity index (χ2n) is 3.61. The molecule has 18 heavy (non-hydrogen) atoms. The van der Waals surface area contributed by atoms with Gasteiger partial charge in [-0.2, -0.15) is 0 Å². The Hall–Kier alpha value is -1.39. The summed E-state index contributed by atoms with van der Waals surface area (Å²) in [4.78, 5) is 16.8. The molecule has 3 nitrogen and oxygen atoms in total. The summed E-state index contributed by atoms with van der Waals surface area (Å²) in [5, 5.41) is 1.42. The number of halogens is 1. The summed E-state index contributed by atoms with van der Waals surface area (Å²) in [7, 11) is 0. The number of ether oxygens (including phenoxy) is 1. The quantitative estimate of drug-likeness (QED) is 0.800. The summed E-state index contributed by atoms with van der Waals surface area (Å²) in [5.74, 6) is -0.406. The highest BCUT2D eigenvalue weighted by Crippen LogP contribution is 2.35. The van der Waals surface area contributed by atoms with Crippen LogP contribution in [-0.2, 0) is 4.74 Å². The molecule has 1 aromatic heterocycles. The molecule has 2 rings (SSSR count). The molecule has 0 radical (unpaired) electrons. The van der Waals surface area contributed by atoms with E-state index >= 15 is 0 Å². The number of aromatic nitrogens is 1. The molecule has 0 atom stereocenters. The molecule has 0 aliphatic carbocycles. The van der Waals surface area contributed by atoms with Crippen LogP contribution in [0.5, 0.6) is 0 Å². The van der Waals surface area contributed by atoms with E-state index < -0.39 is 5.97 Å². The summed E-state index contributed by atoms with van der Waals surface area (Å²) in [6, 6.07) is 7.40. The van der Waals surface area contributed by atoms with E-state index in [2.05, 4.69) is 4.98 Å². The van der Waals surface area contributed by atoms with E-state index in [1.807, 2.05) is 25.1 Å². The smallest absolute Gasteiger partial charge is 0.358 e. The Morgan fingerprint density at radius 2 is 2.17 bits per heavy atom. The molecule has 5 heteroatoms. The van der Waals surface area contributed by atoms with Gasteiger partial charge in [0, 0.05) is 10.6 Å². The lowest BCUT2D eigenvalue weighted by Gasteiger charge is -2.04. The van der Waals surface area contributed by atoms with Gasteiger partial charge in [0.15, 0.2) is 5.69 Å². The molecule has 2 aromatic rings. The number of thiazole rings is 1. The van der Waals surface area contributed by atoms with Crippen LogP contribution in [0.15, 0.2) is 24.3 Å². The molecule has 0 fully saturated rings. The summed E-state index contributed by atoms with van der Waals surface area (Å²) in [6.45, 7) is 3.96. The number of benzene rings is 1. The first-order chi connectivity index (χ1) is 8.63. The van der Waals surface area contributed by atoms with E-state index in [4.69, 9.17) is 16.3 Å². The SMILES string of the molecule is CCOC(=O)c1nc(C)sc1-c1ccccc1Cl. The van der Waals surface area contributed by atoms with Gasteiger partial charge in [-0.1, -0.05) is 29.8 Å². The van der Waals surface area contributed by atoms with Gasteiger partial charge < -0.3 is 4.74 Å². The zero-order valence-corrected chi connectivity index (χ0v) is 11.6. The number of aryl methyl sites for hydroxylation is 1. The average Bonchev–Trinajstić information content (AvgIpc) is 2.72. The first-order valence-corrected chi connectivity index (χ1v) is 6.72. The number of hydrogen-bond donors (Lipinski definition) is 0. The molecule has 0 aliphatic heterocycles. The highest BCUT2D eigenvalue weighted by atomic mass is 35.5. The molecule has 0 amide bonds. The Labute approximate surface area is 114 Å². The van der Waals surface area contributed by atoms with Gasteiger partial charge in [-0.05, 0) is 19.9 Å². The zero-order valence-electron chi connectivity index (χ0n) is 10.1. The van der Waals surface area contributed by atoms with Crippen molar-refractivity contribution in [2.24, 2.45) is 0 Å². The molecule has 1 heterocycles. The van der Waals surface area contributed by atoms with Gasteiger partial charge in [-0.3, -0.25) is 0 Å². The lowest BCUT2D eigenvalue weighted by Crippen LogP contribution is -2.06. The number of nitrogens with zero attached hydrogens (tertiary/aromatic N) is 1. The van der Waals surface area contributed by atoms with Crippen LogP contribution < -0.4 is 0 Å². The van der Waals surface area contributed by atoms with Crippen LogP contribution in [0.3, 0.4) is 0 Å². The molecule has 0 saturated heterocycles. The molecular weight excluding hydrogens is 270 g/mol. The third-order valence-corrected chi connectivity index (χ3v) is 3.66. The van der Waals surface area contributed by atoms with E-state index in [0.29, 0.717) is 17.3 Å². The maximum Gasteiger partial charge on any atom is 0.358 e. The predicted octanol–water partition coefficient (Wildman–Crippen LogP) is 3.95. The number of esters is 1. The van der Waals surface area contributed by atoms with Crippen molar-refractivity contribution in [1.29, 1.82) is 0 Å². The number of carbonyl (C=O) groups is 1. The van der Waals surface area contributed by atoms with E-state index in [0.717, 1.165) is 15.4 Å². The Kier molecular flexibility index (Phi) is 3.99. The first-order valence-electron chi connectivity index (χ1n) is 5.53. The molecule has 94 valence electrons. The van der Waals surface area contributed by atoms with E-state index in [9.17, 15) is 4.79 Å². The molecule has 0 N–H and O–H groups in total.